The third kappa shape index (κ3) is 9.76. The highest BCUT2D eigenvalue weighted by molar-refractivity contribution is 4.85. The smallest absolute Gasteiger partial charge is 0.0872 e. The van der Waals surface area contributed by atoms with E-state index in [-0.39, 0.29) is 12.3 Å². The van der Waals surface area contributed by atoms with Gasteiger partial charge in [0.2, 0.25) is 0 Å². The maximum atomic E-state index is 6.72. The average molecular weight is 471 g/mol. The Morgan fingerprint density at radius 3 is 0.606 bits per heavy atom. The van der Waals surface area contributed by atoms with Crippen molar-refractivity contribution in [1.29, 1.82) is 0 Å². The van der Waals surface area contributed by atoms with E-state index in [1.807, 2.05) is 0 Å². The normalized spacial score (nSPS) is 14.0. The van der Waals surface area contributed by atoms with Crippen LogP contribution in [-0.2, 0) is 4.74 Å². The molecule has 0 amide bonds. The molecule has 0 unspecified atom stereocenters. The Labute approximate surface area is 209 Å². The lowest BCUT2D eigenvalue weighted by molar-refractivity contribution is -0.114. The Morgan fingerprint density at radius 2 is 0.485 bits per heavy atom. The molecule has 0 heterocycles. The van der Waals surface area contributed by atoms with Crippen molar-refractivity contribution in [1.82, 2.24) is 19.6 Å². The summed E-state index contributed by atoms with van der Waals surface area (Å²) in [5, 5.41) is 0. The first-order valence-electron chi connectivity index (χ1n) is 13.7. The van der Waals surface area contributed by atoms with Gasteiger partial charge in [-0.15, -0.1) is 0 Å². The van der Waals surface area contributed by atoms with Gasteiger partial charge in [0, 0.05) is 48.3 Å². The molecule has 0 N–H and O–H groups in total. The summed E-state index contributed by atoms with van der Waals surface area (Å²) in [5.74, 6) is 0. The summed E-state index contributed by atoms with van der Waals surface area (Å²) >= 11 is 0. The molecular weight excluding hydrogens is 408 g/mol. The van der Waals surface area contributed by atoms with Crippen LogP contribution < -0.4 is 0 Å². The summed E-state index contributed by atoms with van der Waals surface area (Å²) in [6.45, 7) is 38.4. The van der Waals surface area contributed by atoms with Crippen molar-refractivity contribution in [3.8, 4) is 0 Å². The summed E-state index contributed by atoms with van der Waals surface area (Å²) in [5.41, 5.74) is 0. The molecule has 0 saturated carbocycles. The molecule has 0 aromatic rings. The minimum absolute atomic E-state index is 0.253. The highest BCUT2D eigenvalue weighted by atomic mass is 16.5. The Hall–Kier alpha value is -0.200. The van der Waals surface area contributed by atoms with Crippen LogP contribution in [0.4, 0.5) is 0 Å². The standard InChI is InChI=1S/C28H62N4O/c1-19(2)29(20(3)4)27(30(21(5)6)22(7)8)17-33-18-28(31(23(9)10)24(11)12)32(25(13)14)26(15)16/h19-28H,17-18H2,1-16H3. The molecule has 0 rings (SSSR count). The molecule has 5 nitrogen and oxygen atoms in total. The molecule has 0 saturated heterocycles. The van der Waals surface area contributed by atoms with Gasteiger partial charge >= 0.3 is 0 Å². The number of hydrogen-bond donors (Lipinski definition) is 0. The second kappa shape index (κ2) is 15.0. The third-order valence-corrected chi connectivity index (χ3v) is 6.68. The van der Waals surface area contributed by atoms with E-state index in [2.05, 4.69) is 130 Å². The summed E-state index contributed by atoms with van der Waals surface area (Å²) in [6.07, 6.45) is 0.507. The molecule has 0 spiro atoms. The van der Waals surface area contributed by atoms with Crippen LogP contribution in [0.2, 0.25) is 0 Å². The predicted octanol–water partition coefficient (Wildman–Crippen LogP) is 6.13. The Morgan fingerprint density at radius 1 is 0.333 bits per heavy atom. The molecule has 0 aliphatic carbocycles. The molecule has 200 valence electrons. The first-order chi connectivity index (χ1) is 15.1. The summed E-state index contributed by atoms with van der Waals surface area (Å²) < 4.78 is 6.72. The Balaban J connectivity index is 6.04. The highest BCUT2D eigenvalue weighted by Gasteiger charge is 2.35. The van der Waals surface area contributed by atoms with Gasteiger partial charge in [0.05, 0.1) is 25.5 Å². The zero-order valence-corrected chi connectivity index (χ0v) is 25.4. The van der Waals surface area contributed by atoms with Crippen molar-refractivity contribution >= 4 is 0 Å². The van der Waals surface area contributed by atoms with E-state index in [1.54, 1.807) is 0 Å². The molecule has 0 aliphatic heterocycles. The summed E-state index contributed by atoms with van der Waals surface area (Å²) in [7, 11) is 0. The summed E-state index contributed by atoms with van der Waals surface area (Å²) in [6, 6.07) is 3.67. The van der Waals surface area contributed by atoms with E-state index in [0.29, 0.717) is 48.3 Å². The molecule has 0 radical (unpaired) electrons. The van der Waals surface area contributed by atoms with Crippen LogP contribution in [0, 0.1) is 0 Å². The van der Waals surface area contributed by atoms with Crippen molar-refractivity contribution in [3.05, 3.63) is 0 Å². The lowest BCUT2D eigenvalue weighted by atomic mass is 10.1. The van der Waals surface area contributed by atoms with Crippen molar-refractivity contribution in [2.45, 2.75) is 171 Å². The maximum Gasteiger partial charge on any atom is 0.0872 e. The lowest BCUT2D eigenvalue weighted by Gasteiger charge is -2.49. The van der Waals surface area contributed by atoms with Crippen LogP contribution >= 0.6 is 0 Å². The first kappa shape index (κ1) is 32.8. The van der Waals surface area contributed by atoms with Crippen LogP contribution in [-0.4, -0.2) is 93.5 Å². The fourth-order valence-electron chi connectivity index (χ4n) is 6.07. The largest absolute Gasteiger partial charge is 0.375 e. The van der Waals surface area contributed by atoms with E-state index in [9.17, 15) is 0 Å². The van der Waals surface area contributed by atoms with Gasteiger partial charge in [0.1, 0.15) is 0 Å². The second-order valence-electron chi connectivity index (χ2n) is 12.0. The van der Waals surface area contributed by atoms with Gasteiger partial charge in [-0.1, -0.05) is 0 Å². The highest BCUT2D eigenvalue weighted by Crippen LogP contribution is 2.23. The molecule has 0 aliphatic rings. The van der Waals surface area contributed by atoms with Gasteiger partial charge in [-0.05, 0) is 111 Å². The lowest BCUT2D eigenvalue weighted by Crippen LogP contribution is -2.62. The van der Waals surface area contributed by atoms with Gasteiger partial charge in [-0.2, -0.15) is 0 Å². The fourth-order valence-corrected chi connectivity index (χ4v) is 6.07. The minimum atomic E-state index is 0.253. The second-order valence-corrected chi connectivity index (χ2v) is 12.0. The van der Waals surface area contributed by atoms with Crippen LogP contribution in [0.25, 0.3) is 0 Å². The number of ether oxygens (including phenoxy) is 1. The molecule has 0 aromatic carbocycles. The Kier molecular flexibility index (Phi) is 14.9. The van der Waals surface area contributed by atoms with Gasteiger partial charge in [0.25, 0.3) is 0 Å². The SMILES string of the molecule is CC(C)N(C(C)C)C(COCC(N(C(C)C)C(C)C)N(C(C)C)C(C)C)N(C(C)C)C(C)C. The van der Waals surface area contributed by atoms with Gasteiger partial charge in [-0.25, -0.2) is 0 Å². The monoisotopic (exact) mass is 470 g/mol. The number of hydrogen-bond acceptors (Lipinski definition) is 5. The van der Waals surface area contributed by atoms with Crippen molar-refractivity contribution in [2.24, 2.45) is 0 Å². The molecule has 33 heavy (non-hydrogen) atoms. The molecular formula is C28H62N4O. The van der Waals surface area contributed by atoms with E-state index >= 15 is 0 Å². The van der Waals surface area contributed by atoms with Crippen molar-refractivity contribution < 1.29 is 4.74 Å². The van der Waals surface area contributed by atoms with Crippen molar-refractivity contribution in [2.75, 3.05) is 13.2 Å². The average Bonchev–Trinajstić information content (AvgIpc) is 2.58. The van der Waals surface area contributed by atoms with Crippen LogP contribution in [0.15, 0.2) is 0 Å². The molecule has 0 bridgehead atoms. The molecule has 5 heteroatoms. The zero-order valence-electron chi connectivity index (χ0n) is 25.4. The number of rotatable bonds is 16. The van der Waals surface area contributed by atoms with Crippen LogP contribution in [0.3, 0.4) is 0 Å². The third-order valence-electron chi connectivity index (χ3n) is 6.68. The first-order valence-corrected chi connectivity index (χ1v) is 13.7. The van der Waals surface area contributed by atoms with E-state index in [1.165, 1.54) is 0 Å². The summed E-state index contributed by atoms with van der Waals surface area (Å²) in [4.78, 5) is 10.5. The topological polar surface area (TPSA) is 22.2 Å². The van der Waals surface area contributed by atoms with Crippen molar-refractivity contribution in [3.63, 3.8) is 0 Å². The molecule has 0 aromatic heterocycles. The van der Waals surface area contributed by atoms with E-state index in [0.717, 1.165) is 13.2 Å². The maximum absolute atomic E-state index is 6.72. The quantitative estimate of drug-likeness (QED) is 0.252. The fraction of sp³-hybridized carbons (Fsp3) is 1.00. The molecule has 0 fully saturated rings. The Bertz CT molecular complexity index is 386. The molecule has 0 atom stereocenters. The van der Waals surface area contributed by atoms with Crippen LogP contribution in [0.1, 0.15) is 111 Å². The van der Waals surface area contributed by atoms with Gasteiger partial charge < -0.3 is 4.74 Å². The van der Waals surface area contributed by atoms with E-state index in [4.69, 9.17) is 4.74 Å². The minimum Gasteiger partial charge on any atom is -0.375 e. The van der Waals surface area contributed by atoms with Crippen LogP contribution in [0.5, 0.6) is 0 Å². The number of nitrogens with zero attached hydrogens (tertiary/aromatic N) is 4. The van der Waals surface area contributed by atoms with Gasteiger partial charge in [-0.3, -0.25) is 19.6 Å². The van der Waals surface area contributed by atoms with Gasteiger partial charge in [0.15, 0.2) is 0 Å². The van der Waals surface area contributed by atoms with E-state index < -0.39 is 0 Å². The predicted molar refractivity (Wildman–Crippen MR) is 147 cm³/mol. The zero-order chi connectivity index (χ0) is 26.2.